The monoisotopic (exact) mass is 713 g/mol. The van der Waals surface area contributed by atoms with E-state index in [1.54, 1.807) is 17.9 Å². The SMILES string of the molecule is C[C@@H]1CNC(=O)CC/C=C\CN(C(C)(C)CC(C)(C)C)C(=O)[C@@H]2N([C@@H](CO)Cc3ccccc3)C(=O)[C@H]3[C@H](C(=O)O1)[C@H]1O[C@@]23C=C1Br. The number of allylic oxidation sites excluding steroid dienone is 1. The summed E-state index contributed by atoms with van der Waals surface area (Å²) in [5.74, 6) is -3.62. The predicted molar refractivity (Wildman–Crippen MR) is 180 cm³/mol. The van der Waals surface area contributed by atoms with Crippen LogP contribution < -0.4 is 5.32 Å². The molecular formula is C36H48BrN3O7. The zero-order valence-electron chi connectivity index (χ0n) is 28.2. The van der Waals surface area contributed by atoms with Crippen LogP contribution in [0.4, 0.5) is 0 Å². The number of nitrogens with one attached hydrogen (secondary N) is 1. The Labute approximate surface area is 286 Å². The fourth-order valence-corrected chi connectivity index (χ4v) is 8.82. The molecule has 5 bridgehead atoms. The van der Waals surface area contributed by atoms with E-state index in [0.29, 0.717) is 23.7 Å². The average Bonchev–Trinajstić information content (AvgIpc) is 3.58. The van der Waals surface area contributed by atoms with Crippen molar-refractivity contribution in [2.45, 2.75) is 103 Å². The topological polar surface area (TPSA) is 125 Å². The number of carbonyl (C=O) groups is 4. The highest BCUT2D eigenvalue weighted by atomic mass is 79.9. The first-order valence-corrected chi connectivity index (χ1v) is 17.4. The van der Waals surface area contributed by atoms with Crippen LogP contribution in [0.1, 0.15) is 66.4 Å². The van der Waals surface area contributed by atoms with E-state index < -0.39 is 65.8 Å². The lowest BCUT2D eigenvalue weighted by atomic mass is 9.74. The maximum atomic E-state index is 15.3. The summed E-state index contributed by atoms with van der Waals surface area (Å²) < 4.78 is 13.0. The normalized spacial score (nSPS) is 31.7. The molecule has 2 saturated heterocycles. The van der Waals surface area contributed by atoms with Gasteiger partial charge in [-0.2, -0.15) is 0 Å². The van der Waals surface area contributed by atoms with Crippen molar-refractivity contribution in [3.8, 4) is 0 Å². The Morgan fingerprint density at radius 1 is 1.06 bits per heavy atom. The van der Waals surface area contributed by atoms with Gasteiger partial charge in [-0.1, -0.05) is 79.2 Å². The minimum atomic E-state index is -1.46. The fourth-order valence-electron chi connectivity index (χ4n) is 8.09. The Balaban J connectivity index is 1.66. The van der Waals surface area contributed by atoms with Gasteiger partial charge >= 0.3 is 5.97 Å². The lowest BCUT2D eigenvalue weighted by Gasteiger charge is -2.46. The molecule has 1 aromatic carbocycles. The molecular weight excluding hydrogens is 666 g/mol. The standard InChI is InChI=1S/C36H48BrN3O7/c1-22-19-38-26(42)15-11-8-12-16-39(35(5,6)21-34(2,3)4)32(44)30-36-18-25(37)29(47-36)27(33(45)46-22)28(36)31(43)40(30)24(20-41)17-23-13-9-7-10-14-23/h7-10,12-14,18,22,24,27-30,41H,11,15-17,19-21H2,1-6H3,(H,38,42)/b12-8-/t22-,24-,27+,28-,29+,30+,36-/m1/s1. The molecule has 2 N–H and O–H groups in total. The smallest absolute Gasteiger partial charge is 0.313 e. The van der Waals surface area contributed by atoms with Crippen LogP contribution in [0.25, 0.3) is 0 Å². The Morgan fingerprint density at radius 2 is 1.77 bits per heavy atom. The second-order valence-corrected chi connectivity index (χ2v) is 16.1. The van der Waals surface area contributed by atoms with Crippen LogP contribution in [0.5, 0.6) is 0 Å². The van der Waals surface area contributed by atoms with Crippen molar-refractivity contribution in [2.75, 3.05) is 19.7 Å². The number of carbonyl (C=O) groups excluding carboxylic acids is 4. The molecule has 0 aromatic heterocycles. The van der Waals surface area contributed by atoms with Crippen molar-refractivity contribution in [3.63, 3.8) is 0 Å². The fraction of sp³-hybridized carbons (Fsp3) is 0.611. The number of esters is 1. The summed E-state index contributed by atoms with van der Waals surface area (Å²) in [6.07, 6.45) is 5.78. The highest BCUT2D eigenvalue weighted by molar-refractivity contribution is 9.11. The number of aliphatic hydroxyl groups excluding tert-OH is 1. The van der Waals surface area contributed by atoms with E-state index in [0.717, 1.165) is 5.56 Å². The molecule has 47 heavy (non-hydrogen) atoms. The van der Waals surface area contributed by atoms with Gasteiger partial charge in [0.15, 0.2) is 0 Å². The van der Waals surface area contributed by atoms with E-state index >= 15 is 4.79 Å². The van der Waals surface area contributed by atoms with Crippen molar-refractivity contribution in [3.05, 3.63) is 58.6 Å². The van der Waals surface area contributed by atoms with Crippen LogP contribution in [0.3, 0.4) is 0 Å². The van der Waals surface area contributed by atoms with Crippen LogP contribution in [-0.4, -0.2) is 93.7 Å². The number of ether oxygens (including phenoxy) is 2. The molecule has 1 aromatic rings. The summed E-state index contributed by atoms with van der Waals surface area (Å²) in [5.41, 5.74) is -1.36. The van der Waals surface area contributed by atoms with Gasteiger partial charge in [0.2, 0.25) is 17.7 Å². The van der Waals surface area contributed by atoms with E-state index in [2.05, 4.69) is 42.0 Å². The zero-order chi connectivity index (χ0) is 34.3. The Kier molecular flexibility index (Phi) is 10.1. The Hall–Kier alpha value is -3.02. The predicted octanol–water partition coefficient (Wildman–Crippen LogP) is 3.90. The van der Waals surface area contributed by atoms with Gasteiger partial charge in [-0.15, -0.1) is 0 Å². The summed E-state index contributed by atoms with van der Waals surface area (Å²) in [6.45, 7) is 12.1. The molecule has 0 unspecified atom stereocenters. The van der Waals surface area contributed by atoms with Crippen molar-refractivity contribution in [1.29, 1.82) is 0 Å². The van der Waals surface area contributed by atoms with E-state index in [1.165, 1.54) is 4.90 Å². The number of halogens is 1. The number of aliphatic hydroxyl groups is 1. The number of benzene rings is 1. The molecule has 11 heteroatoms. The molecule has 0 radical (unpaired) electrons. The lowest BCUT2D eigenvalue weighted by Crippen LogP contribution is -2.62. The van der Waals surface area contributed by atoms with E-state index in [-0.39, 0.29) is 36.7 Å². The third kappa shape index (κ3) is 6.94. The molecule has 3 amide bonds. The molecule has 4 aliphatic rings. The number of rotatable bonds is 6. The van der Waals surface area contributed by atoms with Crippen molar-refractivity contribution in [2.24, 2.45) is 17.3 Å². The third-order valence-corrected chi connectivity index (χ3v) is 10.3. The highest BCUT2D eigenvalue weighted by Gasteiger charge is 2.75. The van der Waals surface area contributed by atoms with Gasteiger partial charge in [-0.25, -0.2) is 0 Å². The summed E-state index contributed by atoms with van der Waals surface area (Å²) in [5, 5.41) is 13.7. The highest BCUT2D eigenvalue weighted by Crippen LogP contribution is 2.59. The number of amides is 3. The van der Waals surface area contributed by atoms with Crippen molar-refractivity contribution < 1.29 is 33.8 Å². The second-order valence-electron chi connectivity index (χ2n) is 15.2. The van der Waals surface area contributed by atoms with E-state index in [9.17, 15) is 19.5 Å². The quantitative estimate of drug-likeness (QED) is 0.339. The van der Waals surface area contributed by atoms with Gasteiger partial charge in [0.25, 0.3) is 0 Å². The third-order valence-electron chi connectivity index (χ3n) is 9.64. The first kappa shape index (κ1) is 35.3. The molecule has 2 fully saturated rings. The Bertz CT molecular complexity index is 1440. The molecule has 10 nitrogen and oxygen atoms in total. The molecule has 0 saturated carbocycles. The first-order chi connectivity index (χ1) is 22.1. The van der Waals surface area contributed by atoms with Crippen molar-refractivity contribution in [1.82, 2.24) is 15.1 Å². The van der Waals surface area contributed by atoms with Crippen LogP contribution in [-0.2, 0) is 35.1 Å². The zero-order valence-corrected chi connectivity index (χ0v) is 29.8. The van der Waals surface area contributed by atoms with Crippen LogP contribution in [0, 0.1) is 17.3 Å². The molecule has 0 aliphatic carbocycles. The average molecular weight is 715 g/mol. The summed E-state index contributed by atoms with van der Waals surface area (Å²) >= 11 is 3.60. The summed E-state index contributed by atoms with van der Waals surface area (Å²) in [7, 11) is 0. The minimum absolute atomic E-state index is 0.124. The number of hydrogen-bond donors (Lipinski definition) is 2. The summed E-state index contributed by atoms with van der Waals surface area (Å²) in [6, 6.07) is 7.62. The number of likely N-dealkylation sites (tertiary alicyclic amines) is 1. The minimum Gasteiger partial charge on any atom is -0.460 e. The second kappa shape index (κ2) is 13.5. The van der Waals surface area contributed by atoms with E-state index in [1.807, 2.05) is 56.3 Å². The summed E-state index contributed by atoms with van der Waals surface area (Å²) in [4.78, 5) is 59.7. The lowest BCUT2D eigenvalue weighted by molar-refractivity contribution is -0.160. The number of hydrogen-bond acceptors (Lipinski definition) is 7. The maximum Gasteiger partial charge on any atom is 0.313 e. The number of nitrogens with zero attached hydrogens (tertiary/aromatic N) is 2. The molecule has 256 valence electrons. The first-order valence-electron chi connectivity index (χ1n) is 16.6. The van der Waals surface area contributed by atoms with Gasteiger partial charge in [0.1, 0.15) is 29.8 Å². The number of fused-ring (bicyclic) bond motifs is 2. The molecule has 1 spiro atoms. The van der Waals surface area contributed by atoms with Gasteiger partial charge in [-0.05, 0) is 57.1 Å². The van der Waals surface area contributed by atoms with Crippen molar-refractivity contribution >= 4 is 39.6 Å². The largest absolute Gasteiger partial charge is 0.460 e. The van der Waals surface area contributed by atoms with E-state index in [4.69, 9.17) is 9.47 Å². The van der Waals surface area contributed by atoms with Gasteiger partial charge in [0, 0.05) is 23.0 Å². The van der Waals surface area contributed by atoms with Crippen LogP contribution >= 0.6 is 15.9 Å². The van der Waals surface area contributed by atoms with Gasteiger partial charge in [0.05, 0.1) is 25.1 Å². The van der Waals surface area contributed by atoms with Crippen LogP contribution in [0.2, 0.25) is 0 Å². The molecule has 4 heterocycles. The molecule has 7 atom stereocenters. The number of cyclic esters (lactones) is 1. The van der Waals surface area contributed by atoms with Gasteiger partial charge < -0.3 is 29.7 Å². The Morgan fingerprint density at radius 3 is 2.43 bits per heavy atom. The van der Waals surface area contributed by atoms with Gasteiger partial charge in [-0.3, -0.25) is 19.2 Å². The maximum absolute atomic E-state index is 15.3. The van der Waals surface area contributed by atoms with Crippen LogP contribution in [0.15, 0.2) is 53.0 Å². The molecule has 4 aliphatic heterocycles. The molecule has 5 rings (SSSR count).